The fourth-order valence-electron chi connectivity index (χ4n) is 1.98. The molecule has 0 saturated carbocycles. The lowest BCUT2D eigenvalue weighted by molar-refractivity contribution is 1.15. The highest BCUT2D eigenvalue weighted by atomic mass is 16.1. The van der Waals surface area contributed by atoms with Crippen LogP contribution in [-0.4, -0.2) is 9.38 Å². The van der Waals surface area contributed by atoms with Gasteiger partial charge < -0.3 is 0 Å². The van der Waals surface area contributed by atoms with Gasteiger partial charge in [-0.05, 0) is 30.7 Å². The van der Waals surface area contributed by atoms with E-state index < -0.39 is 0 Å². The van der Waals surface area contributed by atoms with Crippen molar-refractivity contribution in [3.63, 3.8) is 0 Å². The second-order valence-electron chi connectivity index (χ2n) is 3.84. The maximum atomic E-state index is 12.3. The van der Waals surface area contributed by atoms with Gasteiger partial charge in [0.05, 0.1) is 22.6 Å². The third-order valence-corrected chi connectivity index (χ3v) is 2.80. The summed E-state index contributed by atoms with van der Waals surface area (Å²) in [7, 11) is 0. The minimum Gasteiger partial charge on any atom is -0.282 e. The topological polar surface area (TPSA) is 34.4 Å². The number of aromatic nitrogens is 2. The summed E-state index contributed by atoms with van der Waals surface area (Å²) >= 11 is 0. The van der Waals surface area contributed by atoms with Crippen LogP contribution in [0.2, 0.25) is 0 Å². The van der Waals surface area contributed by atoms with Crippen LogP contribution in [0.1, 0.15) is 5.56 Å². The maximum Gasteiger partial charge on any atom is 0.264 e. The quantitative estimate of drug-likeness (QED) is 0.569. The number of hydrogen-bond donors (Lipinski definition) is 0. The summed E-state index contributed by atoms with van der Waals surface area (Å²) < 4.78 is 1.63. The molecule has 0 atom stereocenters. The molecule has 0 aliphatic rings. The molecule has 1 aromatic carbocycles. The van der Waals surface area contributed by atoms with Gasteiger partial charge in [-0.1, -0.05) is 12.1 Å². The van der Waals surface area contributed by atoms with E-state index in [9.17, 15) is 4.79 Å². The minimum atomic E-state index is -0.00870. The molecule has 0 radical (unpaired) electrons. The van der Waals surface area contributed by atoms with Gasteiger partial charge in [-0.25, -0.2) is 0 Å². The number of fused-ring (bicyclic) bond motifs is 2. The van der Waals surface area contributed by atoms with Gasteiger partial charge in [0, 0.05) is 6.20 Å². The first-order valence-corrected chi connectivity index (χ1v) is 5.13. The zero-order valence-corrected chi connectivity index (χ0v) is 8.84. The molecular weight excluding hydrogens is 200 g/mol. The third kappa shape index (κ3) is 1.15. The van der Waals surface area contributed by atoms with Crippen LogP contribution in [0.15, 0.2) is 47.5 Å². The summed E-state index contributed by atoms with van der Waals surface area (Å²) in [5.41, 5.74) is 2.51. The average Bonchev–Trinajstić information content (AvgIpc) is 2.69. The predicted molar refractivity (Wildman–Crippen MR) is 63.7 cm³/mol. The number of aryl methyl sites for hydroxylation is 1. The van der Waals surface area contributed by atoms with Gasteiger partial charge in [-0.3, -0.25) is 14.2 Å². The van der Waals surface area contributed by atoms with Crippen LogP contribution >= 0.6 is 0 Å². The van der Waals surface area contributed by atoms with E-state index in [1.165, 1.54) is 0 Å². The normalized spacial score (nSPS) is 11.1. The summed E-state index contributed by atoms with van der Waals surface area (Å²) in [5.74, 6) is 0. The molecule has 0 fully saturated rings. The van der Waals surface area contributed by atoms with Crippen molar-refractivity contribution >= 4 is 16.4 Å². The second kappa shape index (κ2) is 3.17. The first-order valence-electron chi connectivity index (χ1n) is 5.13. The van der Waals surface area contributed by atoms with Crippen molar-refractivity contribution in [3.8, 4) is 0 Å². The lowest BCUT2D eigenvalue weighted by atomic mass is 10.1. The van der Waals surface area contributed by atoms with Gasteiger partial charge >= 0.3 is 0 Å². The number of rotatable bonds is 0. The van der Waals surface area contributed by atoms with Gasteiger partial charge in [0.2, 0.25) is 0 Å². The van der Waals surface area contributed by atoms with Gasteiger partial charge in [0.25, 0.3) is 5.56 Å². The highest BCUT2D eigenvalue weighted by Gasteiger charge is 2.04. The van der Waals surface area contributed by atoms with Crippen molar-refractivity contribution in [3.05, 3.63) is 58.6 Å². The predicted octanol–water partition coefficient (Wildman–Crippen LogP) is 2.16. The first-order chi connectivity index (χ1) is 7.77. The van der Waals surface area contributed by atoms with Crippen molar-refractivity contribution < 1.29 is 0 Å². The van der Waals surface area contributed by atoms with Gasteiger partial charge in [-0.2, -0.15) is 0 Å². The highest BCUT2D eigenvalue weighted by Crippen LogP contribution is 2.11. The molecule has 78 valence electrons. The summed E-state index contributed by atoms with van der Waals surface area (Å²) in [4.78, 5) is 16.6. The molecule has 0 spiro atoms. The fourth-order valence-corrected chi connectivity index (χ4v) is 1.98. The van der Waals surface area contributed by atoms with Crippen molar-refractivity contribution in [2.75, 3.05) is 0 Å². The number of hydrogen-bond acceptors (Lipinski definition) is 2. The second-order valence-corrected chi connectivity index (χ2v) is 3.84. The number of nitrogens with zero attached hydrogens (tertiary/aromatic N) is 2. The Morgan fingerprint density at radius 3 is 2.94 bits per heavy atom. The van der Waals surface area contributed by atoms with Crippen LogP contribution in [0.25, 0.3) is 16.4 Å². The highest BCUT2D eigenvalue weighted by molar-refractivity contribution is 5.81. The Morgan fingerprint density at radius 2 is 2.06 bits per heavy atom. The summed E-state index contributed by atoms with van der Waals surface area (Å²) in [6.45, 7) is 1.93. The van der Waals surface area contributed by atoms with E-state index in [1.807, 2.05) is 37.3 Å². The zero-order valence-electron chi connectivity index (χ0n) is 8.84. The zero-order chi connectivity index (χ0) is 11.1. The number of benzene rings is 1. The monoisotopic (exact) mass is 210 g/mol. The van der Waals surface area contributed by atoms with E-state index >= 15 is 0 Å². The molecule has 2 heterocycles. The molecule has 3 heteroatoms. The van der Waals surface area contributed by atoms with E-state index in [-0.39, 0.29) is 5.56 Å². The largest absolute Gasteiger partial charge is 0.282 e. The van der Waals surface area contributed by atoms with E-state index in [0.717, 1.165) is 16.6 Å². The first kappa shape index (κ1) is 9.09. The Bertz CT molecular complexity index is 744. The lowest BCUT2D eigenvalue weighted by Crippen LogP contribution is -2.09. The van der Waals surface area contributed by atoms with Crippen molar-refractivity contribution in [2.45, 2.75) is 6.92 Å². The Kier molecular flexibility index (Phi) is 1.80. The van der Waals surface area contributed by atoms with Crippen molar-refractivity contribution in [2.24, 2.45) is 0 Å². The molecule has 0 N–H and O–H groups in total. The molecule has 3 nitrogen and oxygen atoms in total. The summed E-state index contributed by atoms with van der Waals surface area (Å²) in [6.07, 6.45) is 3.49. The molecule has 2 aromatic heterocycles. The Balaban J connectivity index is 2.72. The molecule has 16 heavy (non-hydrogen) atoms. The molecular formula is C13H10N2O. The standard InChI is InChI=1S/C13H10N2O/c1-9-4-2-6-11-12(9)13(16)15-7-3-5-10(15)8-14-11/h2-8H,1H3. The third-order valence-electron chi connectivity index (χ3n) is 2.80. The Morgan fingerprint density at radius 1 is 1.19 bits per heavy atom. The average molecular weight is 210 g/mol. The molecule has 0 bridgehead atoms. The smallest absolute Gasteiger partial charge is 0.264 e. The van der Waals surface area contributed by atoms with Crippen molar-refractivity contribution in [1.82, 2.24) is 9.38 Å². The van der Waals surface area contributed by atoms with Crippen molar-refractivity contribution in [1.29, 1.82) is 0 Å². The van der Waals surface area contributed by atoms with Crippen LogP contribution in [0.3, 0.4) is 0 Å². The molecule has 0 saturated heterocycles. The van der Waals surface area contributed by atoms with E-state index in [1.54, 1.807) is 16.8 Å². The fraction of sp³-hybridized carbons (Fsp3) is 0.0769. The molecule has 3 aromatic rings. The van der Waals surface area contributed by atoms with Gasteiger partial charge in [0.15, 0.2) is 0 Å². The maximum absolute atomic E-state index is 12.3. The minimum absolute atomic E-state index is 0.00870. The molecule has 0 aliphatic heterocycles. The van der Waals surface area contributed by atoms with Gasteiger partial charge in [0.1, 0.15) is 0 Å². The SMILES string of the molecule is Cc1cccc2ncc3cccn3c(=O)c12. The molecule has 3 rings (SSSR count). The van der Waals surface area contributed by atoms with Crippen LogP contribution in [0.5, 0.6) is 0 Å². The summed E-state index contributed by atoms with van der Waals surface area (Å²) in [5, 5.41) is 0.689. The van der Waals surface area contributed by atoms with Crippen LogP contribution in [0, 0.1) is 6.92 Å². The van der Waals surface area contributed by atoms with E-state index in [0.29, 0.717) is 5.39 Å². The molecule has 0 aliphatic carbocycles. The van der Waals surface area contributed by atoms with Crippen LogP contribution < -0.4 is 5.56 Å². The Labute approximate surface area is 92.0 Å². The van der Waals surface area contributed by atoms with E-state index in [2.05, 4.69) is 4.98 Å². The molecule has 0 unspecified atom stereocenters. The lowest BCUT2D eigenvalue weighted by Gasteiger charge is -1.94. The molecule has 0 amide bonds. The van der Waals surface area contributed by atoms with Crippen LogP contribution in [0.4, 0.5) is 0 Å². The summed E-state index contributed by atoms with van der Waals surface area (Å²) in [6, 6.07) is 9.44. The van der Waals surface area contributed by atoms with E-state index in [4.69, 9.17) is 0 Å². The van der Waals surface area contributed by atoms with Gasteiger partial charge in [-0.15, -0.1) is 0 Å². The van der Waals surface area contributed by atoms with Crippen LogP contribution in [-0.2, 0) is 0 Å². The Hall–Kier alpha value is -2.16.